The van der Waals surface area contributed by atoms with Gasteiger partial charge in [0.05, 0.1) is 0 Å². The Morgan fingerprint density at radius 2 is 2.11 bits per heavy atom. The lowest BCUT2D eigenvalue weighted by Crippen LogP contribution is -2.28. The topological polar surface area (TPSA) is 32.3 Å². The minimum Gasteiger partial charge on any atom is -0.343 e. The maximum atomic E-state index is 11.4. The van der Waals surface area contributed by atoms with Gasteiger partial charge in [-0.1, -0.05) is 12.1 Å². The fraction of sp³-hybridized carbons (Fsp3) is 0.533. The summed E-state index contributed by atoms with van der Waals surface area (Å²) in [4.78, 5) is 14.7. The number of thioether (sulfide) groups is 1. The molecule has 0 bridgehead atoms. The standard InChI is InChI=1S/C15H22N2OS/c1-19-14-7-5-13(6-8-14)12-16-9-3-11-17-10-2-4-15(17)18/h5-8,16H,2-4,9-12H2,1H3. The maximum absolute atomic E-state index is 11.4. The molecule has 0 radical (unpaired) electrons. The van der Waals surface area contributed by atoms with E-state index in [-0.39, 0.29) is 0 Å². The van der Waals surface area contributed by atoms with Gasteiger partial charge in [0.1, 0.15) is 0 Å². The van der Waals surface area contributed by atoms with Crippen molar-refractivity contribution in [3.05, 3.63) is 29.8 Å². The van der Waals surface area contributed by atoms with E-state index in [4.69, 9.17) is 0 Å². The molecule has 4 heteroatoms. The van der Waals surface area contributed by atoms with Gasteiger partial charge in [0, 0.05) is 31.0 Å². The first-order chi connectivity index (χ1) is 9.29. The van der Waals surface area contributed by atoms with Gasteiger partial charge in [0.25, 0.3) is 0 Å². The summed E-state index contributed by atoms with van der Waals surface area (Å²) in [6.07, 6.45) is 4.91. The molecule has 0 spiro atoms. The summed E-state index contributed by atoms with van der Waals surface area (Å²) in [5.74, 6) is 0.327. The summed E-state index contributed by atoms with van der Waals surface area (Å²) in [5, 5.41) is 3.43. The summed E-state index contributed by atoms with van der Waals surface area (Å²) in [5.41, 5.74) is 1.31. The van der Waals surface area contributed by atoms with Crippen LogP contribution in [-0.2, 0) is 11.3 Å². The van der Waals surface area contributed by atoms with E-state index in [1.54, 1.807) is 11.8 Å². The van der Waals surface area contributed by atoms with Crippen molar-refractivity contribution in [1.29, 1.82) is 0 Å². The molecule has 1 aliphatic rings. The summed E-state index contributed by atoms with van der Waals surface area (Å²) in [6, 6.07) is 8.65. The van der Waals surface area contributed by atoms with E-state index < -0.39 is 0 Å². The van der Waals surface area contributed by atoms with Crippen LogP contribution in [0.15, 0.2) is 29.2 Å². The van der Waals surface area contributed by atoms with Crippen LogP contribution in [0.5, 0.6) is 0 Å². The number of carbonyl (C=O) groups excluding carboxylic acids is 1. The third kappa shape index (κ3) is 4.55. The highest BCUT2D eigenvalue weighted by Gasteiger charge is 2.18. The predicted octanol–water partition coefficient (Wildman–Crippen LogP) is 2.51. The molecule has 1 N–H and O–H groups in total. The van der Waals surface area contributed by atoms with Crippen molar-refractivity contribution in [2.24, 2.45) is 0 Å². The smallest absolute Gasteiger partial charge is 0.222 e. The van der Waals surface area contributed by atoms with Crippen LogP contribution in [-0.4, -0.2) is 36.7 Å². The summed E-state index contributed by atoms with van der Waals surface area (Å²) < 4.78 is 0. The summed E-state index contributed by atoms with van der Waals surface area (Å²) in [6.45, 7) is 3.73. The SMILES string of the molecule is CSc1ccc(CNCCCN2CCCC2=O)cc1. The van der Waals surface area contributed by atoms with Crippen LogP contribution in [0.1, 0.15) is 24.8 Å². The Balaban J connectivity index is 1.59. The van der Waals surface area contributed by atoms with E-state index in [0.717, 1.165) is 45.4 Å². The second-order valence-corrected chi connectivity index (χ2v) is 5.74. The predicted molar refractivity (Wildman–Crippen MR) is 80.4 cm³/mol. The van der Waals surface area contributed by atoms with Gasteiger partial charge >= 0.3 is 0 Å². The van der Waals surface area contributed by atoms with Crippen LogP contribution in [0.4, 0.5) is 0 Å². The number of carbonyl (C=O) groups is 1. The van der Waals surface area contributed by atoms with E-state index in [9.17, 15) is 4.79 Å². The summed E-state index contributed by atoms with van der Waals surface area (Å²) in [7, 11) is 0. The average molecular weight is 278 g/mol. The van der Waals surface area contributed by atoms with Gasteiger partial charge in [-0.15, -0.1) is 11.8 Å². The molecular formula is C15H22N2OS. The molecule has 1 aromatic rings. The lowest BCUT2D eigenvalue weighted by atomic mass is 10.2. The van der Waals surface area contributed by atoms with Gasteiger partial charge in [-0.2, -0.15) is 0 Å². The van der Waals surface area contributed by atoms with E-state index >= 15 is 0 Å². The number of likely N-dealkylation sites (tertiary alicyclic amines) is 1. The second-order valence-electron chi connectivity index (χ2n) is 4.86. The molecule has 1 amide bonds. The molecule has 1 aliphatic heterocycles. The first-order valence-electron chi connectivity index (χ1n) is 6.91. The largest absolute Gasteiger partial charge is 0.343 e. The van der Waals surface area contributed by atoms with Crippen molar-refractivity contribution >= 4 is 17.7 Å². The van der Waals surface area contributed by atoms with E-state index in [1.807, 2.05) is 4.90 Å². The highest BCUT2D eigenvalue weighted by Crippen LogP contribution is 2.14. The van der Waals surface area contributed by atoms with Crippen molar-refractivity contribution in [2.45, 2.75) is 30.7 Å². The number of benzene rings is 1. The average Bonchev–Trinajstić information content (AvgIpc) is 2.85. The van der Waals surface area contributed by atoms with Crippen molar-refractivity contribution in [1.82, 2.24) is 10.2 Å². The van der Waals surface area contributed by atoms with Gasteiger partial charge < -0.3 is 10.2 Å². The molecule has 0 aliphatic carbocycles. The zero-order chi connectivity index (χ0) is 13.5. The molecule has 1 saturated heterocycles. The molecule has 0 aromatic heterocycles. The number of nitrogens with zero attached hydrogens (tertiary/aromatic N) is 1. The number of amides is 1. The number of hydrogen-bond acceptors (Lipinski definition) is 3. The zero-order valence-electron chi connectivity index (χ0n) is 11.5. The van der Waals surface area contributed by atoms with Crippen molar-refractivity contribution in [2.75, 3.05) is 25.9 Å². The Morgan fingerprint density at radius 3 is 2.74 bits per heavy atom. The van der Waals surface area contributed by atoms with Crippen molar-refractivity contribution < 1.29 is 4.79 Å². The first kappa shape index (κ1) is 14.4. The Hall–Kier alpha value is -1.00. The Bertz CT molecular complexity index is 405. The quantitative estimate of drug-likeness (QED) is 0.614. The van der Waals surface area contributed by atoms with Crippen LogP contribution >= 0.6 is 11.8 Å². The van der Waals surface area contributed by atoms with Gasteiger partial charge in [-0.05, 0) is 43.3 Å². The molecule has 1 aromatic carbocycles. The Morgan fingerprint density at radius 1 is 1.32 bits per heavy atom. The molecule has 19 heavy (non-hydrogen) atoms. The third-order valence-electron chi connectivity index (χ3n) is 3.44. The van der Waals surface area contributed by atoms with Crippen LogP contribution in [0.2, 0.25) is 0 Å². The van der Waals surface area contributed by atoms with E-state index in [2.05, 4.69) is 35.8 Å². The first-order valence-corrected chi connectivity index (χ1v) is 8.13. The highest BCUT2D eigenvalue weighted by molar-refractivity contribution is 7.98. The molecule has 0 unspecified atom stereocenters. The van der Waals surface area contributed by atoms with Gasteiger partial charge in [-0.3, -0.25) is 4.79 Å². The molecule has 3 nitrogen and oxygen atoms in total. The summed E-state index contributed by atoms with van der Waals surface area (Å²) >= 11 is 1.77. The van der Waals surface area contributed by atoms with E-state index in [0.29, 0.717) is 5.91 Å². The fourth-order valence-electron chi connectivity index (χ4n) is 2.31. The van der Waals surface area contributed by atoms with Gasteiger partial charge in [0.2, 0.25) is 5.91 Å². The van der Waals surface area contributed by atoms with Crippen LogP contribution in [0.3, 0.4) is 0 Å². The Labute approximate surface area is 119 Å². The number of rotatable bonds is 7. The van der Waals surface area contributed by atoms with Crippen molar-refractivity contribution in [3.8, 4) is 0 Å². The monoisotopic (exact) mass is 278 g/mol. The van der Waals surface area contributed by atoms with Crippen LogP contribution in [0.25, 0.3) is 0 Å². The lowest BCUT2D eigenvalue weighted by molar-refractivity contribution is -0.127. The minimum absolute atomic E-state index is 0.327. The maximum Gasteiger partial charge on any atom is 0.222 e. The zero-order valence-corrected chi connectivity index (χ0v) is 12.3. The minimum atomic E-state index is 0.327. The molecule has 1 fully saturated rings. The van der Waals surface area contributed by atoms with Gasteiger partial charge in [0.15, 0.2) is 0 Å². The molecule has 1 heterocycles. The lowest BCUT2D eigenvalue weighted by Gasteiger charge is -2.15. The van der Waals surface area contributed by atoms with E-state index in [1.165, 1.54) is 10.5 Å². The highest BCUT2D eigenvalue weighted by atomic mass is 32.2. The van der Waals surface area contributed by atoms with Crippen molar-refractivity contribution in [3.63, 3.8) is 0 Å². The molecule has 2 rings (SSSR count). The fourth-order valence-corrected chi connectivity index (χ4v) is 2.72. The third-order valence-corrected chi connectivity index (χ3v) is 4.18. The van der Waals surface area contributed by atoms with Gasteiger partial charge in [-0.25, -0.2) is 0 Å². The van der Waals surface area contributed by atoms with Crippen LogP contribution in [0, 0.1) is 0 Å². The normalized spacial score (nSPS) is 15.2. The Kier molecular flexibility index (Phi) is 5.73. The number of nitrogens with one attached hydrogen (secondary N) is 1. The number of hydrogen-bond donors (Lipinski definition) is 1. The molecule has 0 atom stereocenters. The molecular weight excluding hydrogens is 256 g/mol. The van der Waals surface area contributed by atoms with Crippen LogP contribution < -0.4 is 5.32 Å². The molecule has 0 saturated carbocycles. The second kappa shape index (κ2) is 7.56. The molecule has 104 valence electrons.